The molecule has 1 fully saturated rings. The summed E-state index contributed by atoms with van der Waals surface area (Å²) in [7, 11) is -3.68. The second-order valence-corrected chi connectivity index (χ2v) is 10.4. The van der Waals surface area contributed by atoms with Crippen molar-refractivity contribution < 1.29 is 22.7 Å². The lowest BCUT2D eigenvalue weighted by Gasteiger charge is -2.26. The van der Waals surface area contributed by atoms with Gasteiger partial charge in [0.1, 0.15) is 12.4 Å². The van der Waals surface area contributed by atoms with Gasteiger partial charge in [-0.1, -0.05) is 30.2 Å². The van der Waals surface area contributed by atoms with Gasteiger partial charge in [0, 0.05) is 13.1 Å². The van der Waals surface area contributed by atoms with Crippen LogP contribution in [-0.4, -0.2) is 53.8 Å². The Bertz CT molecular complexity index is 1330. The highest BCUT2D eigenvalue weighted by Crippen LogP contribution is 2.28. The first-order valence-electron chi connectivity index (χ1n) is 10.9. The molecule has 4 rings (SSSR count). The van der Waals surface area contributed by atoms with Crippen molar-refractivity contribution in [3.05, 3.63) is 53.3 Å². The molecule has 2 aromatic carbocycles. The Kier molecular flexibility index (Phi) is 7.20. The fourth-order valence-corrected chi connectivity index (χ4v) is 5.63. The molecule has 0 radical (unpaired) electrons. The zero-order valence-corrected chi connectivity index (χ0v) is 20.2. The molecule has 1 aromatic heterocycles. The minimum Gasteiger partial charge on any atom is -0.454 e. The average molecular weight is 505 g/mol. The lowest BCUT2D eigenvalue weighted by atomic mass is 10.2. The normalized spacial score (nSPS) is 14.8. The molecule has 0 saturated carbocycles. The molecule has 11 heteroatoms. The van der Waals surface area contributed by atoms with E-state index in [-0.39, 0.29) is 22.2 Å². The lowest BCUT2D eigenvalue weighted by molar-refractivity contribution is -0.147. The molecule has 0 bridgehead atoms. The molecule has 180 valence electrons. The third-order valence-electron chi connectivity index (χ3n) is 5.66. The third kappa shape index (κ3) is 5.24. The maximum absolute atomic E-state index is 12.9. The molecule has 1 aliphatic heterocycles. The van der Waals surface area contributed by atoms with Gasteiger partial charge in [-0.15, -0.1) is 0 Å². The molecule has 1 aliphatic rings. The van der Waals surface area contributed by atoms with E-state index in [1.807, 2.05) is 24.3 Å². The fourth-order valence-electron chi connectivity index (χ4n) is 3.92. The van der Waals surface area contributed by atoms with Crippen LogP contribution in [0.15, 0.2) is 47.4 Å². The number of carbonyl (C=O) groups excluding carboxylic acids is 2. The first-order chi connectivity index (χ1) is 16.3. The van der Waals surface area contributed by atoms with Crippen molar-refractivity contribution in [3.63, 3.8) is 0 Å². The summed E-state index contributed by atoms with van der Waals surface area (Å²) in [5.41, 5.74) is 1.69. The van der Waals surface area contributed by atoms with Gasteiger partial charge in [-0.05, 0) is 50.1 Å². The molecule has 1 saturated heterocycles. The van der Waals surface area contributed by atoms with Crippen molar-refractivity contribution in [2.24, 2.45) is 0 Å². The molecule has 9 nitrogen and oxygen atoms in total. The topological polar surface area (TPSA) is 111 Å². The number of halogens is 1. The Balaban J connectivity index is 1.38. The third-order valence-corrected chi connectivity index (χ3v) is 7.89. The number of hydrogen-bond acceptors (Lipinski definition) is 6. The first kappa shape index (κ1) is 24.2. The van der Waals surface area contributed by atoms with Crippen molar-refractivity contribution in [2.45, 2.75) is 37.6 Å². The number of sulfonamides is 1. The molecule has 2 heterocycles. The SMILES string of the molecule is Cc1nc2ccccc2n1CC(=O)OCC(=O)Nc1cc(S(=O)(=O)N2CCCCC2)ccc1Cl. The number of piperidine rings is 1. The highest BCUT2D eigenvalue weighted by atomic mass is 35.5. The van der Waals surface area contributed by atoms with Gasteiger partial charge in [0.15, 0.2) is 6.61 Å². The van der Waals surface area contributed by atoms with E-state index in [1.165, 1.54) is 22.5 Å². The highest BCUT2D eigenvalue weighted by molar-refractivity contribution is 7.89. The lowest BCUT2D eigenvalue weighted by Crippen LogP contribution is -2.35. The summed E-state index contributed by atoms with van der Waals surface area (Å²) in [4.78, 5) is 29.2. The summed E-state index contributed by atoms with van der Waals surface area (Å²) >= 11 is 6.17. The number of esters is 1. The molecule has 3 aromatic rings. The second kappa shape index (κ2) is 10.1. The largest absolute Gasteiger partial charge is 0.454 e. The second-order valence-electron chi connectivity index (χ2n) is 8.05. The molecule has 34 heavy (non-hydrogen) atoms. The average Bonchev–Trinajstić information content (AvgIpc) is 3.14. The number of hydrogen-bond donors (Lipinski definition) is 1. The summed E-state index contributed by atoms with van der Waals surface area (Å²) in [6.45, 7) is 2.09. The van der Waals surface area contributed by atoms with Crippen LogP contribution >= 0.6 is 11.6 Å². The van der Waals surface area contributed by atoms with E-state index in [1.54, 1.807) is 11.5 Å². The van der Waals surface area contributed by atoms with Crippen LogP contribution in [0.2, 0.25) is 5.02 Å². The minimum atomic E-state index is -3.68. The van der Waals surface area contributed by atoms with Crippen LogP contribution in [0.25, 0.3) is 11.0 Å². The van der Waals surface area contributed by atoms with Gasteiger partial charge in [-0.3, -0.25) is 9.59 Å². The van der Waals surface area contributed by atoms with Crippen LogP contribution in [0.5, 0.6) is 0 Å². The molecule has 1 N–H and O–H groups in total. The van der Waals surface area contributed by atoms with Crippen molar-refractivity contribution in [1.82, 2.24) is 13.9 Å². The zero-order valence-electron chi connectivity index (χ0n) is 18.7. The molecule has 0 unspecified atom stereocenters. The Hall–Kier alpha value is -2.95. The number of rotatable bonds is 7. The number of carbonyl (C=O) groups is 2. The van der Waals surface area contributed by atoms with Gasteiger partial charge in [0.2, 0.25) is 10.0 Å². The summed E-state index contributed by atoms with van der Waals surface area (Å²) in [5.74, 6) is -0.579. The summed E-state index contributed by atoms with van der Waals surface area (Å²) < 4.78 is 34.1. The summed E-state index contributed by atoms with van der Waals surface area (Å²) in [5, 5.41) is 2.71. The standard InChI is InChI=1S/C23H25ClN4O5S/c1-16-25-19-7-3-4-8-21(19)28(16)14-23(30)33-15-22(29)26-20-13-17(9-10-18(20)24)34(31,32)27-11-5-2-6-12-27/h3-4,7-10,13H,2,5-6,11-12,14-15H2,1H3,(H,26,29). The van der Waals surface area contributed by atoms with Gasteiger partial charge in [-0.2, -0.15) is 4.31 Å². The number of aryl methyl sites for hydroxylation is 1. The monoisotopic (exact) mass is 504 g/mol. The van der Waals surface area contributed by atoms with Gasteiger partial charge < -0.3 is 14.6 Å². The summed E-state index contributed by atoms with van der Waals surface area (Å²) in [6, 6.07) is 11.6. The van der Waals surface area contributed by atoms with E-state index in [4.69, 9.17) is 16.3 Å². The van der Waals surface area contributed by atoms with E-state index < -0.39 is 28.5 Å². The predicted octanol–water partition coefficient (Wildman–Crippen LogP) is 3.35. The Morgan fingerprint density at radius 2 is 1.85 bits per heavy atom. The van der Waals surface area contributed by atoms with Crippen LogP contribution in [0.1, 0.15) is 25.1 Å². The molecule has 1 amide bonds. The van der Waals surface area contributed by atoms with E-state index in [0.717, 1.165) is 30.3 Å². The maximum Gasteiger partial charge on any atom is 0.326 e. The molecular weight excluding hydrogens is 480 g/mol. The molecule has 0 atom stereocenters. The van der Waals surface area contributed by atoms with E-state index in [2.05, 4.69) is 10.3 Å². The maximum atomic E-state index is 12.9. The van der Waals surface area contributed by atoms with Crippen LogP contribution in [0.4, 0.5) is 5.69 Å². The zero-order chi connectivity index (χ0) is 24.3. The molecule has 0 spiro atoms. The number of ether oxygens (including phenoxy) is 1. The number of nitrogens with zero attached hydrogens (tertiary/aromatic N) is 3. The van der Waals surface area contributed by atoms with Crippen molar-refractivity contribution in [3.8, 4) is 0 Å². The van der Waals surface area contributed by atoms with E-state index in [9.17, 15) is 18.0 Å². The highest BCUT2D eigenvalue weighted by Gasteiger charge is 2.26. The number of aromatic nitrogens is 2. The summed E-state index contributed by atoms with van der Waals surface area (Å²) in [6.07, 6.45) is 2.63. The van der Waals surface area contributed by atoms with Crippen LogP contribution in [0.3, 0.4) is 0 Å². The van der Waals surface area contributed by atoms with Gasteiger partial charge in [0.25, 0.3) is 5.91 Å². The van der Waals surface area contributed by atoms with Crippen molar-refractivity contribution in [2.75, 3.05) is 25.0 Å². The van der Waals surface area contributed by atoms with Crippen molar-refractivity contribution >= 4 is 50.2 Å². The number of anilines is 1. The van der Waals surface area contributed by atoms with Crippen LogP contribution in [0, 0.1) is 6.92 Å². The van der Waals surface area contributed by atoms with E-state index in [0.29, 0.717) is 18.9 Å². The first-order valence-corrected chi connectivity index (χ1v) is 12.7. The Labute approximate surface area is 202 Å². The Morgan fingerprint density at radius 3 is 2.62 bits per heavy atom. The van der Waals surface area contributed by atoms with Gasteiger partial charge >= 0.3 is 5.97 Å². The van der Waals surface area contributed by atoms with Gasteiger partial charge in [-0.25, -0.2) is 13.4 Å². The predicted molar refractivity (Wildman–Crippen MR) is 128 cm³/mol. The minimum absolute atomic E-state index is 0.0496. The molecule has 0 aliphatic carbocycles. The number of nitrogens with one attached hydrogen (secondary N) is 1. The van der Waals surface area contributed by atoms with Gasteiger partial charge in [0.05, 0.1) is 26.6 Å². The Morgan fingerprint density at radius 1 is 1.12 bits per heavy atom. The number of benzene rings is 2. The molecular formula is C23H25ClN4O5S. The van der Waals surface area contributed by atoms with Crippen LogP contribution in [-0.2, 0) is 30.9 Å². The number of imidazole rings is 1. The van der Waals surface area contributed by atoms with Crippen molar-refractivity contribution in [1.29, 1.82) is 0 Å². The smallest absolute Gasteiger partial charge is 0.326 e. The number of fused-ring (bicyclic) bond motifs is 1. The fraction of sp³-hybridized carbons (Fsp3) is 0.348. The van der Waals surface area contributed by atoms with E-state index >= 15 is 0 Å². The number of amides is 1. The number of para-hydroxylation sites is 2. The van der Waals surface area contributed by atoms with Crippen LogP contribution < -0.4 is 5.32 Å². The quantitative estimate of drug-likeness (QED) is 0.494.